The molecule has 4 nitrogen and oxygen atoms in total. The molecule has 1 aliphatic rings. The zero-order valence-corrected chi connectivity index (χ0v) is 17.2. The second-order valence-electron chi connectivity index (χ2n) is 8.01. The molecule has 1 saturated heterocycles. The van der Waals surface area contributed by atoms with Crippen molar-refractivity contribution in [2.24, 2.45) is 5.92 Å². The first-order chi connectivity index (χ1) is 13.6. The van der Waals surface area contributed by atoms with E-state index in [9.17, 15) is 4.79 Å². The molecule has 28 heavy (non-hydrogen) atoms. The molecule has 1 fully saturated rings. The molecule has 1 unspecified atom stereocenters. The third-order valence-electron chi connectivity index (χ3n) is 5.73. The standard InChI is InChI=1S/C24H33N3O/c1-20-9-6-7-13-23(20)14-16-27-15-8-12-22(19-27)18-26(2)24(28)25-17-21-10-4-3-5-11-21/h3-7,9-11,13,22H,8,12,14-19H2,1-2H3,(H,25,28). The molecular weight excluding hydrogens is 346 g/mol. The maximum Gasteiger partial charge on any atom is 0.317 e. The van der Waals surface area contributed by atoms with Crippen molar-refractivity contribution >= 4 is 6.03 Å². The monoisotopic (exact) mass is 379 g/mol. The van der Waals surface area contributed by atoms with Crippen molar-refractivity contribution in [3.8, 4) is 0 Å². The van der Waals surface area contributed by atoms with E-state index in [-0.39, 0.29) is 6.03 Å². The first-order valence-electron chi connectivity index (χ1n) is 10.4. The molecule has 3 rings (SSSR count). The number of nitrogens with zero attached hydrogens (tertiary/aromatic N) is 2. The molecule has 0 radical (unpaired) electrons. The normalized spacial score (nSPS) is 17.3. The summed E-state index contributed by atoms with van der Waals surface area (Å²) in [7, 11) is 1.91. The Morgan fingerprint density at radius 3 is 2.68 bits per heavy atom. The van der Waals surface area contributed by atoms with E-state index in [0.717, 1.165) is 31.6 Å². The Labute approximate surface area is 169 Å². The zero-order valence-electron chi connectivity index (χ0n) is 17.2. The number of hydrogen-bond acceptors (Lipinski definition) is 2. The molecular formula is C24H33N3O. The molecule has 150 valence electrons. The predicted molar refractivity (Wildman–Crippen MR) is 115 cm³/mol. The van der Waals surface area contributed by atoms with Crippen LogP contribution < -0.4 is 5.32 Å². The smallest absolute Gasteiger partial charge is 0.317 e. The molecule has 1 atom stereocenters. The van der Waals surface area contributed by atoms with E-state index in [1.807, 2.05) is 42.3 Å². The van der Waals surface area contributed by atoms with Crippen LogP contribution in [0.3, 0.4) is 0 Å². The summed E-state index contributed by atoms with van der Waals surface area (Å²) in [5.41, 5.74) is 3.96. The van der Waals surface area contributed by atoms with Crippen LogP contribution in [0, 0.1) is 12.8 Å². The van der Waals surface area contributed by atoms with Crippen LogP contribution >= 0.6 is 0 Å². The van der Waals surface area contributed by atoms with Gasteiger partial charge in [-0.3, -0.25) is 0 Å². The summed E-state index contributed by atoms with van der Waals surface area (Å²) in [5.74, 6) is 0.554. The predicted octanol–water partition coefficient (Wildman–Crippen LogP) is 4.09. The Morgan fingerprint density at radius 2 is 1.89 bits per heavy atom. The van der Waals surface area contributed by atoms with E-state index >= 15 is 0 Å². The van der Waals surface area contributed by atoms with Gasteiger partial charge in [-0.15, -0.1) is 0 Å². The Balaban J connectivity index is 1.42. The van der Waals surface area contributed by atoms with Crippen LogP contribution in [-0.2, 0) is 13.0 Å². The second kappa shape index (κ2) is 10.3. The molecule has 4 heteroatoms. The average molecular weight is 380 g/mol. The third kappa shape index (κ3) is 6.10. The summed E-state index contributed by atoms with van der Waals surface area (Å²) in [6, 6.07) is 18.7. The largest absolute Gasteiger partial charge is 0.334 e. The number of carbonyl (C=O) groups excluding carboxylic acids is 1. The van der Waals surface area contributed by atoms with Crippen molar-refractivity contribution in [1.82, 2.24) is 15.1 Å². The van der Waals surface area contributed by atoms with E-state index in [2.05, 4.69) is 41.4 Å². The van der Waals surface area contributed by atoms with Gasteiger partial charge < -0.3 is 15.1 Å². The second-order valence-corrected chi connectivity index (χ2v) is 8.01. The van der Waals surface area contributed by atoms with E-state index < -0.39 is 0 Å². The van der Waals surface area contributed by atoms with Crippen LogP contribution in [-0.4, -0.2) is 49.1 Å². The molecule has 0 aliphatic carbocycles. The lowest BCUT2D eigenvalue weighted by Crippen LogP contribution is -2.44. The fourth-order valence-corrected chi connectivity index (χ4v) is 4.05. The lowest BCUT2D eigenvalue weighted by molar-refractivity contribution is 0.146. The number of likely N-dealkylation sites (tertiary alicyclic amines) is 1. The highest BCUT2D eigenvalue weighted by Gasteiger charge is 2.22. The maximum absolute atomic E-state index is 12.4. The van der Waals surface area contributed by atoms with Crippen molar-refractivity contribution in [1.29, 1.82) is 0 Å². The molecule has 1 heterocycles. The molecule has 1 aliphatic heterocycles. The number of rotatable bonds is 7. The van der Waals surface area contributed by atoms with Gasteiger partial charge in [-0.1, -0.05) is 54.6 Å². The number of aryl methyl sites for hydroxylation is 1. The summed E-state index contributed by atoms with van der Waals surface area (Å²) >= 11 is 0. The lowest BCUT2D eigenvalue weighted by Gasteiger charge is -2.34. The maximum atomic E-state index is 12.4. The molecule has 0 aromatic heterocycles. The van der Waals surface area contributed by atoms with Gasteiger partial charge in [0, 0.05) is 33.2 Å². The van der Waals surface area contributed by atoms with Crippen molar-refractivity contribution in [3.63, 3.8) is 0 Å². The Bertz CT molecular complexity index is 747. The minimum atomic E-state index is 0.0147. The van der Waals surface area contributed by atoms with E-state index in [1.54, 1.807) is 0 Å². The zero-order chi connectivity index (χ0) is 19.8. The van der Waals surface area contributed by atoms with Gasteiger partial charge in [0.05, 0.1) is 0 Å². The fourth-order valence-electron chi connectivity index (χ4n) is 4.05. The highest BCUT2D eigenvalue weighted by molar-refractivity contribution is 5.73. The van der Waals surface area contributed by atoms with Crippen molar-refractivity contribution in [2.75, 3.05) is 33.2 Å². The summed E-state index contributed by atoms with van der Waals surface area (Å²) in [5, 5.41) is 3.03. The molecule has 2 aromatic carbocycles. The number of amides is 2. The van der Waals surface area contributed by atoms with Crippen LogP contribution in [0.2, 0.25) is 0 Å². The van der Waals surface area contributed by atoms with E-state index in [1.165, 1.54) is 30.5 Å². The van der Waals surface area contributed by atoms with Gasteiger partial charge in [0.2, 0.25) is 0 Å². The summed E-state index contributed by atoms with van der Waals surface area (Å²) in [6.07, 6.45) is 3.53. The number of hydrogen-bond donors (Lipinski definition) is 1. The van der Waals surface area contributed by atoms with Crippen LogP contribution in [0.1, 0.15) is 29.5 Å². The molecule has 0 bridgehead atoms. The van der Waals surface area contributed by atoms with Gasteiger partial charge in [0.1, 0.15) is 0 Å². The van der Waals surface area contributed by atoms with Gasteiger partial charge in [-0.2, -0.15) is 0 Å². The summed E-state index contributed by atoms with van der Waals surface area (Å²) in [4.78, 5) is 16.8. The minimum absolute atomic E-state index is 0.0147. The Hall–Kier alpha value is -2.33. The van der Waals surface area contributed by atoms with Gasteiger partial charge >= 0.3 is 6.03 Å². The topological polar surface area (TPSA) is 35.6 Å². The Morgan fingerprint density at radius 1 is 1.14 bits per heavy atom. The molecule has 1 N–H and O–H groups in total. The minimum Gasteiger partial charge on any atom is -0.334 e. The van der Waals surface area contributed by atoms with E-state index in [0.29, 0.717) is 12.5 Å². The highest BCUT2D eigenvalue weighted by Crippen LogP contribution is 2.18. The van der Waals surface area contributed by atoms with Gasteiger partial charge in [-0.05, 0) is 55.3 Å². The molecule has 2 aromatic rings. The summed E-state index contributed by atoms with van der Waals surface area (Å²) in [6.45, 7) is 6.95. The first kappa shape index (κ1) is 20.4. The van der Waals surface area contributed by atoms with Crippen LogP contribution in [0.25, 0.3) is 0 Å². The van der Waals surface area contributed by atoms with Crippen LogP contribution in [0.15, 0.2) is 54.6 Å². The first-order valence-corrected chi connectivity index (χ1v) is 10.4. The number of piperidine rings is 1. The quantitative estimate of drug-likeness (QED) is 0.786. The molecule has 0 spiro atoms. The van der Waals surface area contributed by atoms with Crippen molar-refractivity contribution in [3.05, 3.63) is 71.3 Å². The van der Waals surface area contributed by atoms with Crippen LogP contribution in [0.5, 0.6) is 0 Å². The number of carbonyl (C=O) groups is 1. The third-order valence-corrected chi connectivity index (χ3v) is 5.73. The Kier molecular flexibility index (Phi) is 7.49. The van der Waals surface area contributed by atoms with Gasteiger partial charge in [0.15, 0.2) is 0 Å². The molecule has 2 amide bonds. The van der Waals surface area contributed by atoms with Crippen LogP contribution in [0.4, 0.5) is 4.79 Å². The van der Waals surface area contributed by atoms with E-state index in [4.69, 9.17) is 0 Å². The number of urea groups is 1. The SMILES string of the molecule is Cc1ccccc1CCN1CCCC(CN(C)C(=O)NCc2ccccc2)C1. The lowest BCUT2D eigenvalue weighted by atomic mass is 9.97. The van der Waals surface area contributed by atoms with Gasteiger partial charge in [-0.25, -0.2) is 4.79 Å². The number of nitrogens with one attached hydrogen (secondary N) is 1. The van der Waals surface area contributed by atoms with Crippen molar-refractivity contribution < 1.29 is 4.79 Å². The fraction of sp³-hybridized carbons (Fsp3) is 0.458. The molecule has 0 saturated carbocycles. The summed E-state index contributed by atoms with van der Waals surface area (Å²) < 4.78 is 0. The van der Waals surface area contributed by atoms with Gasteiger partial charge in [0.25, 0.3) is 0 Å². The highest BCUT2D eigenvalue weighted by atomic mass is 16.2. The number of benzene rings is 2. The van der Waals surface area contributed by atoms with Crippen molar-refractivity contribution in [2.45, 2.75) is 32.7 Å². The average Bonchev–Trinajstić information content (AvgIpc) is 2.72.